The van der Waals surface area contributed by atoms with E-state index in [1.807, 2.05) is 19.1 Å². The second kappa shape index (κ2) is 11.2. The first kappa shape index (κ1) is 22.4. The van der Waals surface area contributed by atoms with Crippen LogP contribution in [-0.4, -0.2) is 38.7 Å². The van der Waals surface area contributed by atoms with Crippen molar-refractivity contribution in [1.29, 1.82) is 0 Å². The van der Waals surface area contributed by atoms with Crippen LogP contribution >= 0.6 is 31.9 Å². The van der Waals surface area contributed by atoms with Crippen LogP contribution in [0.3, 0.4) is 0 Å². The molecule has 0 unspecified atom stereocenters. The number of carbonyl (C=O) groups is 2. The summed E-state index contributed by atoms with van der Waals surface area (Å²) in [6.45, 7) is 2.93. The van der Waals surface area contributed by atoms with Crippen LogP contribution < -0.4 is 15.4 Å². The Balaban J connectivity index is 1.85. The zero-order valence-corrected chi connectivity index (χ0v) is 18.9. The van der Waals surface area contributed by atoms with Gasteiger partial charge in [0.05, 0.1) is 4.47 Å². The molecule has 0 heterocycles. The van der Waals surface area contributed by atoms with Crippen molar-refractivity contribution in [2.45, 2.75) is 13.3 Å². The molecule has 0 fully saturated rings. The highest BCUT2D eigenvalue weighted by Gasteiger charge is 2.11. The third-order valence-corrected chi connectivity index (χ3v) is 4.83. The zero-order chi connectivity index (χ0) is 20.5. The van der Waals surface area contributed by atoms with Gasteiger partial charge in [0, 0.05) is 36.0 Å². The number of hydrogen-bond acceptors (Lipinski definition) is 4. The minimum atomic E-state index is -0.286. The highest BCUT2D eigenvalue weighted by atomic mass is 79.9. The van der Waals surface area contributed by atoms with Crippen molar-refractivity contribution in [3.63, 3.8) is 0 Å². The molecule has 150 valence electrons. The van der Waals surface area contributed by atoms with Crippen molar-refractivity contribution in [3.8, 4) is 5.75 Å². The Bertz CT molecular complexity index is 802. The Morgan fingerprint density at radius 3 is 2.46 bits per heavy atom. The monoisotopic (exact) mass is 512 g/mol. The molecular formula is C20H22Br2N2O4. The molecule has 8 heteroatoms. The van der Waals surface area contributed by atoms with E-state index in [1.54, 1.807) is 31.4 Å². The van der Waals surface area contributed by atoms with Crippen molar-refractivity contribution < 1.29 is 19.1 Å². The summed E-state index contributed by atoms with van der Waals surface area (Å²) in [5.74, 6) is 0.178. The fraction of sp³-hybridized carbons (Fsp3) is 0.300. The fourth-order valence-electron chi connectivity index (χ4n) is 2.43. The van der Waals surface area contributed by atoms with E-state index in [9.17, 15) is 9.59 Å². The van der Waals surface area contributed by atoms with Crippen molar-refractivity contribution >= 4 is 49.4 Å². The largest absolute Gasteiger partial charge is 0.482 e. The summed E-state index contributed by atoms with van der Waals surface area (Å²) >= 11 is 6.84. The predicted octanol–water partition coefficient (Wildman–Crippen LogP) is 4.30. The van der Waals surface area contributed by atoms with Crippen LogP contribution in [0.5, 0.6) is 5.75 Å². The fourth-order valence-corrected chi connectivity index (χ4v) is 3.99. The summed E-state index contributed by atoms with van der Waals surface area (Å²) in [4.78, 5) is 24.2. The van der Waals surface area contributed by atoms with Gasteiger partial charge in [0.2, 0.25) is 0 Å². The second-order valence-electron chi connectivity index (χ2n) is 6.05. The van der Waals surface area contributed by atoms with Gasteiger partial charge in [-0.15, -0.1) is 0 Å². The van der Waals surface area contributed by atoms with E-state index >= 15 is 0 Å². The number of nitrogens with one attached hydrogen (secondary N) is 2. The molecule has 0 saturated heterocycles. The number of ether oxygens (including phenoxy) is 2. The molecule has 0 spiro atoms. The lowest BCUT2D eigenvalue weighted by atomic mass is 10.2. The number of rotatable bonds is 9. The average molecular weight is 514 g/mol. The molecular weight excluding hydrogens is 492 g/mol. The Morgan fingerprint density at radius 1 is 1.11 bits per heavy atom. The molecule has 2 N–H and O–H groups in total. The summed E-state index contributed by atoms with van der Waals surface area (Å²) < 4.78 is 12.3. The molecule has 2 amide bonds. The number of anilines is 1. The number of carbonyl (C=O) groups excluding carboxylic acids is 2. The smallest absolute Gasteiger partial charge is 0.262 e. The molecule has 0 aliphatic carbocycles. The normalized spacial score (nSPS) is 10.4. The lowest BCUT2D eigenvalue weighted by Gasteiger charge is -2.12. The molecule has 0 aliphatic rings. The topological polar surface area (TPSA) is 76.7 Å². The number of aryl methyl sites for hydroxylation is 1. The van der Waals surface area contributed by atoms with Crippen LogP contribution in [0.15, 0.2) is 45.3 Å². The highest BCUT2D eigenvalue weighted by molar-refractivity contribution is 9.11. The summed E-state index contributed by atoms with van der Waals surface area (Å²) in [7, 11) is 1.62. The van der Waals surface area contributed by atoms with Gasteiger partial charge < -0.3 is 20.1 Å². The van der Waals surface area contributed by atoms with E-state index in [2.05, 4.69) is 42.5 Å². The first-order chi connectivity index (χ1) is 13.4. The molecule has 28 heavy (non-hydrogen) atoms. The Kier molecular flexibility index (Phi) is 8.95. The maximum Gasteiger partial charge on any atom is 0.262 e. The molecule has 0 aliphatic heterocycles. The van der Waals surface area contributed by atoms with Gasteiger partial charge in [-0.3, -0.25) is 9.59 Å². The van der Waals surface area contributed by atoms with Crippen LogP contribution in [0.2, 0.25) is 0 Å². The molecule has 0 atom stereocenters. The molecule has 0 aromatic heterocycles. The van der Waals surface area contributed by atoms with Gasteiger partial charge in [0.25, 0.3) is 11.8 Å². The van der Waals surface area contributed by atoms with Crippen LogP contribution in [0.25, 0.3) is 0 Å². The van der Waals surface area contributed by atoms with E-state index in [0.29, 0.717) is 30.2 Å². The van der Waals surface area contributed by atoms with Crippen molar-refractivity contribution in [1.82, 2.24) is 5.32 Å². The van der Waals surface area contributed by atoms with Gasteiger partial charge in [-0.25, -0.2) is 0 Å². The van der Waals surface area contributed by atoms with Gasteiger partial charge in [0.15, 0.2) is 6.61 Å². The maximum atomic E-state index is 12.1. The van der Waals surface area contributed by atoms with Gasteiger partial charge in [0.1, 0.15) is 5.75 Å². The van der Waals surface area contributed by atoms with Crippen LogP contribution in [0.1, 0.15) is 22.3 Å². The lowest BCUT2D eigenvalue weighted by Crippen LogP contribution is -2.25. The molecule has 2 rings (SSSR count). The standard InChI is InChI=1S/C20H22Br2N2O4/c1-13-10-15(21)11-17(22)19(13)28-12-18(25)24-16-6-4-14(5-7-16)20(26)23-8-3-9-27-2/h4-7,10-11H,3,8-9,12H2,1-2H3,(H,23,26)(H,24,25). The van der Waals surface area contributed by atoms with E-state index < -0.39 is 0 Å². The molecule has 0 radical (unpaired) electrons. The van der Waals surface area contributed by atoms with Crippen molar-refractivity contribution in [2.24, 2.45) is 0 Å². The van der Waals surface area contributed by atoms with Gasteiger partial charge >= 0.3 is 0 Å². The molecule has 0 bridgehead atoms. The van der Waals surface area contributed by atoms with E-state index in [-0.39, 0.29) is 18.4 Å². The Morgan fingerprint density at radius 2 is 1.82 bits per heavy atom. The summed E-state index contributed by atoms with van der Waals surface area (Å²) in [5.41, 5.74) is 2.03. The third kappa shape index (κ3) is 6.92. The number of benzene rings is 2. The Labute approximate surface area is 181 Å². The quantitative estimate of drug-likeness (QED) is 0.490. The van der Waals surface area contributed by atoms with Gasteiger partial charge in [-0.1, -0.05) is 15.9 Å². The first-order valence-corrected chi connectivity index (χ1v) is 10.2. The van der Waals surface area contributed by atoms with Crippen LogP contribution in [0, 0.1) is 6.92 Å². The van der Waals surface area contributed by atoms with Crippen LogP contribution in [-0.2, 0) is 9.53 Å². The van der Waals surface area contributed by atoms with E-state index in [1.165, 1.54) is 0 Å². The second-order valence-corrected chi connectivity index (χ2v) is 7.82. The van der Waals surface area contributed by atoms with E-state index in [0.717, 1.165) is 20.9 Å². The summed E-state index contributed by atoms with van der Waals surface area (Å²) in [6.07, 6.45) is 0.754. The minimum absolute atomic E-state index is 0.122. The number of amides is 2. The van der Waals surface area contributed by atoms with E-state index in [4.69, 9.17) is 9.47 Å². The average Bonchev–Trinajstić information content (AvgIpc) is 2.64. The van der Waals surface area contributed by atoms with Gasteiger partial charge in [-0.05, 0) is 71.2 Å². The maximum absolute atomic E-state index is 12.1. The van der Waals surface area contributed by atoms with Crippen molar-refractivity contribution in [2.75, 3.05) is 32.2 Å². The highest BCUT2D eigenvalue weighted by Crippen LogP contribution is 2.32. The number of methoxy groups -OCH3 is 1. The lowest BCUT2D eigenvalue weighted by molar-refractivity contribution is -0.118. The molecule has 6 nitrogen and oxygen atoms in total. The molecule has 0 saturated carbocycles. The third-order valence-electron chi connectivity index (χ3n) is 3.78. The van der Waals surface area contributed by atoms with Gasteiger partial charge in [-0.2, -0.15) is 0 Å². The number of hydrogen-bond donors (Lipinski definition) is 2. The molecule has 2 aromatic carbocycles. The Hall–Kier alpha value is -1.90. The zero-order valence-electron chi connectivity index (χ0n) is 15.7. The predicted molar refractivity (Wildman–Crippen MR) is 116 cm³/mol. The first-order valence-electron chi connectivity index (χ1n) is 8.66. The minimum Gasteiger partial charge on any atom is -0.482 e. The summed E-state index contributed by atoms with van der Waals surface area (Å²) in [5, 5.41) is 5.56. The van der Waals surface area contributed by atoms with Crippen LogP contribution in [0.4, 0.5) is 5.69 Å². The molecule has 2 aromatic rings. The van der Waals surface area contributed by atoms with Crippen molar-refractivity contribution in [3.05, 3.63) is 56.5 Å². The summed E-state index contributed by atoms with van der Waals surface area (Å²) in [6, 6.07) is 10.5. The SMILES string of the molecule is COCCCNC(=O)c1ccc(NC(=O)COc2c(C)cc(Br)cc2Br)cc1. The number of halogens is 2.